The van der Waals surface area contributed by atoms with Gasteiger partial charge in [0.05, 0.1) is 13.0 Å². The largest absolute Gasteiger partial charge is 0.521 e. The van der Waals surface area contributed by atoms with Gasteiger partial charge < -0.3 is 10.4 Å². The molecule has 0 aliphatic carbocycles. The van der Waals surface area contributed by atoms with Crippen LogP contribution in [0.5, 0.6) is 0 Å². The van der Waals surface area contributed by atoms with Crippen LogP contribution in [0.25, 0.3) is 0 Å². The van der Waals surface area contributed by atoms with Gasteiger partial charge in [0.2, 0.25) is 5.91 Å². The first-order valence-corrected chi connectivity index (χ1v) is 6.91. The lowest BCUT2D eigenvalue weighted by molar-refractivity contribution is -0.792. The molecule has 2 saturated heterocycles. The van der Waals surface area contributed by atoms with Crippen LogP contribution in [0.3, 0.4) is 0 Å². The van der Waals surface area contributed by atoms with Crippen molar-refractivity contribution >= 4 is 17.9 Å². The normalized spacial score (nSPS) is 34.3. The predicted molar refractivity (Wildman–Crippen MR) is 67.3 cm³/mol. The summed E-state index contributed by atoms with van der Waals surface area (Å²) in [4.78, 5) is 34.9. The standard InChI is InChI=1S/C13H20N2O4/c1-9-3-2-8-15(9,13(18)19)12(17)7-5-10-4-6-11(16)14-10/h9-10H,2-8H2,1H3,(H-,14,16,18,19)/p+1/t9-,10?,15?/m1/s1. The third kappa shape index (κ3) is 2.49. The quantitative estimate of drug-likeness (QED) is 0.755. The highest BCUT2D eigenvalue weighted by Crippen LogP contribution is 2.29. The van der Waals surface area contributed by atoms with Crippen LogP contribution in [0.1, 0.15) is 45.4 Å². The molecule has 2 unspecified atom stereocenters. The van der Waals surface area contributed by atoms with Crippen LogP contribution in [0.4, 0.5) is 4.79 Å². The number of likely N-dealkylation sites (tertiary alicyclic amines) is 1. The number of carbonyl (C=O) groups is 3. The summed E-state index contributed by atoms with van der Waals surface area (Å²) in [5, 5.41) is 12.2. The Bertz CT molecular complexity index is 409. The van der Waals surface area contributed by atoms with E-state index in [4.69, 9.17) is 0 Å². The summed E-state index contributed by atoms with van der Waals surface area (Å²) in [5.74, 6) is -0.201. The highest BCUT2D eigenvalue weighted by atomic mass is 16.4. The molecule has 0 saturated carbocycles. The van der Waals surface area contributed by atoms with Gasteiger partial charge in [0.1, 0.15) is 6.04 Å². The zero-order chi connectivity index (χ0) is 14.0. The number of hydrogen-bond donors (Lipinski definition) is 2. The van der Waals surface area contributed by atoms with Crippen molar-refractivity contribution in [2.75, 3.05) is 6.54 Å². The van der Waals surface area contributed by atoms with Gasteiger partial charge >= 0.3 is 12.0 Å². The third-order valence-corrected chi connectivity index (χ3v) is 4.46. The Labute approximate surface area is 112 Å². The SMILES string of the molecule is C[C@@H]1CCC[N+]1(C(=O)O)C(=O)CCC1CCC(=O)N1. The number of amides is 3. The molecule has 2 aliphatic rings. The highest BCUT2D eigenvalue weighted by molar-refractivity contribution is 5.81. The second-order valence-corrected chi connectivity index (χ2v) is 5.60. The van der Waals surface area contributed by atoms with E-state index >= 15 is 0 Å². The number of quaternary nitrogens is 1. The average molecular weight is 269 g/mol. The summed E-state index contributed by atoms with van der Waals surface area (Å²) in [6.07, 6.45) is 2.54. The molecule has 0 bridgehead atoms. The second kappa shape index (κ2) is 5.28. The number of nitrogens with one attached hydrogen (secondary N) is 1. The van der Waals surface area contributed by atoms with Crippen LogP contribution in [0, 0.1) is 0 Å². The van der Waals surface area contributed by atoms with Gasteiger partial charge in [-0.2, -0.15) is 9.28 Å². The van der Waals surface area contributed by atoms with E-state index in [0.29, 0.717) is 19.4 Å². The summed E-state index contributed by atoms with van der Waals surface area (Å²) in [6, 6.07) is -0.119. The molecule has 0 aromatic rings. The smallest absolute Gasteiger partial charge is 0.435 e. The molecule has 2 rings (SSSR count). The van der Waals surface area contributed by atoms with E-state index in [2.05, 4.69) is 5.32 Å². The van der Waals surface area contributed by atoms with E-state index in [1.807, 2.05) is 6.92 Å². The maximum atomic E-state index is 12.3. The molecule has 2 aliphatic heterocycles. The summed E-state index contributed by atoms with van der Waals surface area (Å²) in [7, 11) is 0. The fraction of sp³-hybridized carbons (Fsp3) is 0.769. The molecule has 3 amide bonds. The van der Waals surface area contributed by atoms with Crippen molar-refractivity contribution in [3.63, 3.8) is 0 Å². The summed E-state index contributed by atoms with van der Waals surface area (Å²) >= 11 is 0. The summed E-state index contributed by atoms with van der Waals surface area (Å²) in [6.45, 7) is 2.22. The van der Waals surface area contributed by atoms with Crippen molar-refractivity contribution in [1.82, 2.24) is 5.32 Å². The fourth-order valence-corrected chi connectivity index (χ4v) is 3.23. The highest BCUT2D eigenvalue weighted by Gasteiger charge is 2.52. The number of nitrogens with zero attached hydrogens (tertiary/aromatic N) is 1. The Balaban J connectivity index is 1.97. The Morgan fingerprint density at radius 2 is 2.16 bits per heavy atom. The molecule has 0 radical (unpaired) electrons. The number of hydrogen-bond acceptors (Lipinski definition) is 3. The third-order valence-electron chi connectivity index (χ3n) is 4.46. The Morgan fingerprint density at radius 1 is 1.42 bits per heavy atom. The van der Waals surface area contributed by atoms with E-state index < -0.39 is 10.6 Å². The predicted octanol–water partition coefficient (Wildman–Crippen LogP) is 1.25. The van der Waals surface area contributed by atoms with Crippen LogP contribution >= 0.6 is 0 Å². The molecule has 2 N–H and O–H groups in total. The van der Waals surface area contributed by atoms with Gasteiger partial charge in [0.15, 0.2) is 0 Å². The minimum atomic E-state index is -1.04. The number of imide groups is 1. The topological polar surface area (TPSA) is 83.5 Å². The van der Waals surface area contributed by atoms with Gasteiger partial charge in [-0.15, -0.1) is 0 Å². The van der Waals surface area contributed by atoms with Crippen molar-refractivity contribution in [2.45, 2.75) is 57.5 Å². The molecular formula is C13H21N2O4+. The van der Waals surface area contributed by atoms with E-state index in [-0.39, 0.29) is 30.3 Å². The molecule has 0 spiro atoms. The average Bonchev–Trinajstić information content (AvgIpc) is 2.93. The Hall–Kier alpha value is -1.43. The van der Waals surface area contributed by atoms with Crippen molar-refractivity contribution in [1.29, 1.82) is 0 Å². The van der Waals surface area contributed by atoms with Crippen molar-refractivity contribution in [3.8, 4) is 0 Å². The monoisotopic (exact) mass is 269 g/mol. The molecule has 3 atom stereocenters. The summed E-state index contributed by atoms with van der Waals surface area (Å²) in [5.41, 5.74) is 0. The molecule has 19 heavy (non-hydrogen) atoms. The summed E-state index contributed by atoms with van der Waals surface area (Å²) < 4.78 is -0.430. The molecular weight excluding hydrogens is 248 g/mol. The molecule has 2 fully saturated rings. The van der Waals surface area contributed by atoms with Crippen LogP contribution < -0.4 is 5.32 Å². The Morgan fingerprint density at radius 3 is 2.63 bits per heavy atom. The van der Waals surface area contributed by atoms with Gasteiger partial charge in [-0.1, -0.05) is 0 Å². The first-order chi connectivity index (χ1) is 8.96. The lowest BCUT2D eigenvalue weighted by Crippen LogP contribution is -2.58. The van der Waals surface area contributed by atoms with Crippen molar-refractivity contribution < 1.29 is 24.0 Å². The van der Waals surface area contributed by atoms with Crippen LogP contribution in [-0.4, -0.2) is 46.1 Å². The van der Waals surface area contributed by atoms with Crippen LogP contribution in [0.15, 0.2) is 0 Å². The zero-order valence-electron chi connectivity index (χ0n) is 11.2. The number of rotatable bonds is 3. The first kappa shape index (κ1) is 14.0. The molecule has 106 valence electrons. The van der Waals surface area contributed by atoms with Gasteiger partial charge in [-0.05, 0) is 19.8 Å². The minimum absolute atomic E-state index is 0.0223. The molecule has 0 aromatic heterocycles. The Kier molecular flexibility index (Phi) is 3.89. The maximum absolute atomic E-state index is 12.3. The van der Waals surface area contributed by atoms with Gasteiger partial charge in [-0.25, -0.2) is 4.79 Å². The maximum Gasteiger partial charge on any atom is 0.521 e. The van der Waals surface area contributed by atoms with Gasteiger partial charge in [0, 0.05) is 25.3 Å². The van der Waals surface area contributed by atoms with E-state index in [9.17, 15) is 19.5 Å². The fourth-order valence-electron chi connectivity index (χ4n) is 3.23. The lowest BCUT2D eigenvalue weighted by Gasteiger charge is -2.29. The molecule has 0 aromatic carbocycles. The van der Waals surface area contributed by atoms with Crippen LogP contribution in [-0.2, 0) is 9.59 Å². The van der Waals surface area contributed by atoms with E-state index in [1.54, 1.807) is 0 Å². The van der Waals surface area contributed by atoms with Gasteiger partial charge in [0.25, 0.3) is 0 Å². The number of carboxylic acid groups (broad SMARTS) is 1. The van der Waals surface area contributed by atoms with E-state index in [1.165, 1.54) is 0 Å². The second-order valence-electron chi connectivity index (χ2n) is 5.60. The lowest BCUT2D eigenvalue weighted by atomic mass is 10.1. The van der Waals surface area contributed by atoms with E-state index in [0.717, 1.165) is 19.3 Å². The number of carbonyl (C=O) groups excluding carboxylic acids is 2. The minimum Gasteiger partial charge on any atom is -0.435 e. The zero-order valence-corrected chi connectivity index (χ0v) is 11.2. The first-order valence-electron chi connectivity index (χ1n) is 6.91. The van der Waals surface area contributed by atoms with Gasteiger partial charge in [-0.3, -0.25) is 4.79 Å². The molecule has 2 heterocycles. The molecule has 6 nitrogen and oxygen atoms in total. The van der Waals surface area contributed by atoms with Crippen LogP contribution in [0.2, 0.25) is 0 Å². The van der Waals surface area contributed by atoms with Crippen molar-refractivity contribution in [3.05, 3.63) is 0 Å². The molecule has 6 heteroatoms. The van der Waals surface area contributed by atoms with Crippen molar-refractivity contribution in [2.24, 2.45) is 0 Å².